The lowest BCUT2D eigenvalue weighted by Gasteiger charge is -2.17. The molecule has 14 heavy (non-hydrogen) atoms. The SMILES string of the molecule is CCN(CC)Cc1ccc(O)cc1.Cl. The number of benzene rings is 1. The summed E-state index contributed by atoms with van der Waals surface area (Å²) in [5.74, 6) is 0.336. The van der Waals surface area contributed by atoms with Crippen LogP contribution in [-0.2, 0) is 6.54 Å². The molecule has 80 valence electrons. The van der Waals surface area contributed by atoms with Crippen molar-refractivity contribution < 1.29 is 5.11 Å². The molecule has 0 unspecified atom stereocenters. The third-order valence-corrected chi connectivity index (χ3v) is 2.24. The van der Waals surface area contributed by atoms with Crippen LogP contribution < -0.4 is 0 Å². The van der Waals surface area contributed by atoms with Crippen LogP contribution in [0.4, 0.5) is 0 Å². The first kappa shape index (κ1) is 13.3. The Morgan fingerprint density at radius 1 is 1.07 bits per heavy atom. The van der Waals surface area contributed by atoms with Gasteiger partial charge in [-0.25, -0.2) is 0 Å². The van der Waals surface area contributed by atoms with Gasteiger partial charge in [-0.3, -0.25) is 4.90 Å². The van der Waals surface area contributed by atoms with Gasteiger partial charge in [-0.05, 0) is 30.8 Å². The third-order valence-electron chi connectivity index (χ3n) is 2.24. The summed E-state index contributed by atoms with van der Waals surface area (Å²) in [7, 11) is 0. The minimum Gasteiger partial charge on any atom is -0.508 e. The van der Waals surface area contributed by atoms with E-state index in [2.05, 4.69) is 18.7 Å². The van der Waals surface area contributed by atoms with Crippen LogP contribution in [0.3, 0.4) is 0 Å². The maximum atomic E-state index is 9.09. The summed E-state index contributed by atoms with van der Waals surface area (Å²) in [5.41, 5.74) is 1.25. The van der Waals surface area contributed by atoms with Crippen molar-refractivity contribution in [3.05, 3.63) is 29.8 Å². The highest BCUT2D eigenvalue weighted by Gasteiger charge is 1.99. The standard InChI is InChI=1S/C11H17NO.ClH/c1-3-12(4-2)9-10-5-7-11(13)8-6-10;/h5-8,13H,3-4,9H2,1-2H3;1H. The van der Waals surface area contributed by atoms with E-state index in [-0.39, 0.29) is 12.4 Å². The Morgan fingerprint density at radius 2 is 1.57 bits per heavy atom. The Balaban J connectivity index is 0.00000169. The van der Waals surface area contributed by atoms with E-state index in [9.17, 15) is 0 Å². The van der Waals surface area contributed by atoms with Gasteiger partial charge in [-0.15, -0.1) is 12.4 Å². The predicted octanol–water partition coefficient (Wildman–Crippen LogP) is 2.66. The quantitative estimate of drug-likeness (QED) is 0.835. The van der Waals surface area contributed by atoms with Crippen molar-refractivity contribution in [3.8, 4) is 5.75 Å². The van der Waals surface area contributed by atoms with Crippen molar-refractivity contribution in [1.29, 1.82) is 0 Å². The van der Waals surface area contributed by atoms with E-state index in [4.69, 9.17) is 5.11 Å². The highest BCUT2D eigenvalue weighted by atomic mass is 35.5. The Bertz CT molecular complexity index is 244. The molecule has 0 heterocycles. The van der Waals surface area contributed by atoms with E-state index < -0.39 is 0 Å². The van der Waals surface area contributed by atoms with Gasteiger partial charge < -0.3 is 5.11 Å². The van der Waals surface area contributed by atoms with Crippen LogP contribution in [0.2, 0.25) is 0 Å². The van der Waals surface area contributed by atoms with Crippen molar-refractivity contribution in [3.63, 3.8) is 0 Å². The summed E-state index contributed by atoms with van der Waals surface area (Å²) < 4.78 is 0. The van der Waals surface area contributed by atoms with Crippen molar-refractivity contribution >= 4 is 12.4 Å². The summed E-state index contributed by atoms with van der Waals surface area (Å²) in [6.45, 7) is 7.41. The summed E-state index contributed by atoms with van der Waals surface area (Å²) in [4.78, 5) is 2.34. The molecule has 1 N–H and O–H groups in total. The van der Waals surface area contributed by atoms with Gasteiger partial charge in [0.2, 0.25) is 0 Å². The maximum absolute atomic E-state index is 9.09. The van der Waals surface area contributed by atoms with Crippen LogP contribution in [-0.4, -0.2) is 23.1 Å². The molecule has 1 aromatic rings. The summed E-state index contributed by atoms with van der Waals surface area (Å²) in [5, 5.41) is 9.09. The lowest BCUT2D eigenvalue weighted by atomic mass is 10.2. The predicted molar refractivity (Wildman–Crippen MR) is 62.0 cm³/mol. The number of phenols is 1. The van der Waals surface area contributed by atoms with E-state index >= 15 is 0 Å². The minimum atomic E-state index is 0. The largest absolute Gasteiger partial charge is 0.508 e. The molecule has 2 nitrogen and oxygen atoms in total. The first-order valence-corrected chi connectivity index (χ1v) is 4.76. The van der Waals surface area contributed by atoms with Crippen LogP contribution in [0.25, 0.3) is 0 Å². The summed E-state index contributed by atoms with van der Waals surface area (Å²) in [6.07, 6.45) is 0. The Morgan fingerprint density at radius 3 is 2.00 bits per heavy atom. The van der Waals surface area contributed by atoms with Gasteiger partial charge >= 0.3 is 0 Å². The zero-order valence-corrected chi connectivity index (χ0v) is 9.55. The number of hydrogen-bond donors (Lipinski definition) is 1. The first-order valence-electron chi connectivity index (χ1n) is 4.76. The fraction of sp³-hybridized carbons (Fsp3) is 0.455. The number of nitrogens with zero attached hydrogens (tertiary/aromatic N) is 1. The molecule has 0 aromatic heterocycles. The lowest BCUT2D eigenvalue weighted by molar-refractivity contribution is 0.296. The van der Waals surface area contributed by atoms with E-state index in [1.165, 1.54) is 5.56 Å². The van der Waals surface area contributed by atoms with Gasteiger partial charge in [0, 0.05) is 6.54 Å². The molecule has 0 saturated heterocycles. The second kappa shape index (κ2) is 6.68. The van der Waals surface area contributed by atoms with Crippen LogP contribution in [0.15, 0.2) is 24.3 Å². The molecule has 0 atom stereocenters. The first-order chi connectivity index (χ1) is 6.26. The van der Waals surface area contributed by atoms with Gasteiger partial charge in [0.25, 0.3) is 0 Å². The molecule has 0 saturated carbocycles. The molecule has 0 aliphatic rings. The molecular weight excluding hydrogens is 198 g/mol. The normalized spacial score (nSPS) is 9.93. The van der Waals surface area contributed by atoms with E-state index in [0.717, 1.165) is 19.6 Å². The maximum Gasteiger partial charge on any atom is 0.115 e. The van der Waals surface area contributed by atoms with E-state index in [1.807, 2.05) is 12.1 Å². The summed E-state index contributed by atoms with van der Waals surface area (Å²) in [6, 6.07) is 7.40. The average Bonchev–Trinajstić information content (AvgIpc) is 2.17. The Kier molecular flexibility index (Phi) is 6.34. The number of phenolic OH excluding ortho intramolecular Hbond substituents is 1. The molecule has 1 aromatic carbocycles. The molecule has 0 aliphatic carbocycles. The smallest absolute Gasteiger partial charge is 0.115 e. The zero-order valence-electron chi connectivity index (χ0n) is 8.73. The van der Waals surface area contributed by atoms with Gasteiger partial charge in [0.05, 0.1) is 0 Å². The van der Waals surface area contributed by atoms with Crippen molar-refractivity contribution in [2.24, 2.45) is 0 Å². The van der Waals surface area contributed by atoms with Crippen molar-refractivity contribution in [1.82, 2.24) is 4.90 Å². The van der Waals surface area contributed by atoms with Crippen LogP contribution in [0.5, 0.6) is 5.75 Å². The molecule has 3 heteroatoms. The van der Waals surface area contributed by atoms with Gasteiger partial charge in [-0.2, -0.15) is 0 Å². The van der Waals surface area contributed by atoms with Crippen LogP contribution in [0.1, 0.15) is 19.4 Å². The molecule has 0 amide bonds. The molecule has 0 spiro atoms. The molecule has 0 radical (unpaired) electrons. The zero-order chi connectivity index (χ0) is 9.68. The second-order valence-electron chi connectivity index (χ2n) is 3.13. The van der Waals surface area contributed by atoms with Crippen molar-refractivity contribution in [2.75, 3.05) is 13.1 Å². The van der Waals surface area contributed by atoms with Crippen LogP contribution >= 0.6 is 12.4 Å². The Hall–Kier alpha value is -0.730. The fourth-order valence-corrected chi connectivity index (χ4v) is 1.31. The number of hydrogen-bond acceptors (Lipinski definition) is 2. The van der Waals surface area contributed by atoms with Crippen LogP contribution in [0, 0.1) is 0 Å². The van der Waals surface area contributed by atoms with Gasteiger partial charge in [0.1, 0.15) is 5.75 Å². The van der Waals surface area contributed by atoms with Gasteiger partial charge in [0.15, 0.2) is 0 Å². The van der Waals surface area contributed by atoms with E-state index in [0.29, 0.717) is 5.75 Å². The molecule has 1 rings (SSSR count). The Labute approximate surface area is 92.0 Å². The third kappa shape index (κ3) is 3.99. The topological polar surface area (TPSA) is 23.5 Å². The highest BCUT2D eigenvalue weighted by molar-refractivity contribution is 5.85. The second-order valence-corrected chi connectivity index (χ2v) is 3.13. The minimum absolute atomic E-state index is 0. The molecule has 0 aliphatic heterocycles. The number of rotatable bonds is 4. The fourth-order valence-electron chi connectivity index (χ4n) is 1.31. The highest BCUT2D eigenvalue weighted by Crippen LogP contribution is 2.11. The number of halogens is 1. The number of aromatic hydroxyl groups is 1. The molecular formula is C11H18ClNO. The molecule has 0 bridgehead atoms. The van der Waals surface area contributed by atoms with Gasteiger partial charge in [-0.1, -0.05) is 26.0 Å². The van der Waals surface area contributed by atoms with E-state index in [1.54, 1.807) is 12.1 Å². The monoisotopic (exact) mass is 215 g/mol. The summed E-state index contributed by atoms with van der Waals surface area (Å²) >= 11 is 0. The average molecular weight is 216 g/mol. The molecule has 0 fully saturated rings. The van der Waals surface area contributed by atoms with Crippen molar-refractivity contribution in [2.45, 2.75) is 20.4 Å². The lowest BCUT2D eigenvalue weighted by Crippen LogP contribution is -2.21.